The minimum atomic E-state index is -0.659. The van der Waals surface area contributed by atoms with Crippen molar-refractivity contribution in [1.82, 2.24) is 9.97 Å². The van der Waals surface area contributed by atoms with Crippen LogP contribution in [0.1, 0.15) is 17.4 Å². The summed E-state index contributed by atoms with van der Waals surface area (Å²) in [6, 6.07) is 0.115. The first kappa shape index (κ1) is 13.8. The van der Waals surface area contributed by atoms with Gasteiger partial charge in [-0.15, -0.1) is 0 Å². The summed E-state index contributed by atoms with van der Waals surface area (Å²) in [7, 11) is 1.25. The van der Waals surface area contributed by atoms with Crippen LogP contribution in [0.4, 0.5) is 11.6 Å². The van der Waals surface area contributed by atoms with E-state index in [1.807, 2.05) is 11.8 Å². The fourth-order valence-corrected chi connectivity index (χ4v) is 2.13. The molecule has 1 saturated heterocycles. The number of aromatic nitrogens is 2. The van der Waals surface area contributed by atoms with Gasteiger partial charge in [-0.1, -0.05) is 11.6 Å². The SMILES string of the molecule is COC(=O)c1nc(Cl)c(N2CCOC[C@H]2C)nc1N. The third-order valence-electron chi connectivity index (χ3n) is 2.88. The molecule has 0 aliphatic carbocycles. The molecule has 0 aromatic carbocycles. The van der Waals surface area contributed by atoms with E-state index in [0.29, 0.717) is 25.6 Å². The van der Waals surface area contributed by atoms with Crippen molar-refractivity contribution in [3.05, 3.63) is 10.8 Å². The number of nitrogens with zero attached hydrogens (tertiary/aromatic N) is 3. The second kappa shape index (κ2) is 5.58. The molecular weight excluding hydrogens is 272 g/mol. The maximum Gasteiger partial charge on any atom is 0.360 e. The zero-order chi connectivity index (χ0) is 14.0. The van der Waals surface area contributed by atoms with Gasteiger partial charge in [0.05, 0.1) is 26.4 Å². The maximum absolute atomic E-state index is 11.4. The topological polar surface area (TPSA) is 90.6 Å². The summed E-state index contributed by atoms with van der Waals surface area (Å²) in [5, 5.41) is 0.128. The molecule has 8 heteroatoms. The van der Waals surface area contributed by atoms with Crippen molar-refractivity contribution >= 4 is 29.2 Å². The van der Waals surface area contributed by atoms with Gasteiger partial charge in [-0.2, -0.15) is 0 Å². The Hall–Kier alpha value is -1.60. The summed E-state index contributed by atoms with van der Waals surface area (Å²) in [5.74, 6) is -0.193. The van der Waals surface area contributed by atoms with E-state index in [9.17, 15) is 4.79 Å². The van der Waals surface area contributed by atoms with Gasteiger partial charge in [-0.25, -0.2) is 14.8 Å². The average molecular weight is 287 g/mol. The van der Waals surface area contributed by atoms with Crippen LogP contribution in [0.2, 0.25) is 5.15 Å². The van der Waals surface area contributed by atoms with Gasteiger partial charge in [0.2, 0.25) is 0 Å². The number of anilines is 2. The first-order chi connectivity index (χ1) is 9.04. The second-order valence-corrected chi connectivity index (χ2v) is 4.54. The monoisotopic (exact) mass is 286 g/mol. The van der Waals surface area contributed by atoms with Crippen LogP contribution in [0.25, 0.3) is 0 Å². The number of methoxy groups -OCH3 is 1. The summed E-state index contributed by atoms with van der Waals surface area (Å²) in [6.07, 6.45) is 0. The minimum absolute atomic E-state index is 0.00458. The fourth-order valence-electron chi connectivity index (χ4n) is 1.89. The Bertz CT molecular complexity index is 497. The number of carbonyl (C=O) groups is 1. The van der Waals surface area contributed by atoms with Crippen molar-refractivity contribution in [3.8, 4) is 0 Å². The largest absolute Gasteiger partial charge is 0.464 e. The number of esters is 1. The van der Waals surface area contributed by atoms with Crippen LogP contribution in [0, 0.1) is 0 Å². The van der Waals surface area contributed by atoms with Crippen LogP contribution in [0.5, 0.6) is 0 Å². The quantitative estimate of drug-likeness (QED) is 0.801. The van der Waals surface area contributed by atoms with E-state index in [1.54, 1.807) is 0 Å². The third kappa shape index (κ3) is 2.71. The summed E-state index contributed by atoms with van der Waals surface area (Å²) in [4.78, 5) is 21.5. The van der Waals surface area contributed by atoms with Crippen molar-refractivity contribution in [2.24, 2.45) is 0 Å². The molecule has 1 atom stereocenters. The molecule has 7 nitrogen and oxygen atoms in total. The lowest BCUT2D eigenvalue weighted by molar-refractivity contribution is 0.0595. The van der Waals surface area contributed by atoms with Gasteiger partial charge in [0.25, 0.3) is 0 Å². The summed E-state index contributed by atoms with van der Waals surface area (Å²) in [6.45, 7) is 3.80. The van der Waals surface area contributed by atoms with Gasteiger partial charge >= 0.3 is 5.97 Å². The molecule has 19 heavy (non-hydrogen) atoms. The molecule has 1 aromatic heterocycles. The predicted molar refractivity (Wildman–Crippen MR) is 70.4 cm³/mol. The van der Waals surface area contributed by atoms with E-state index < -0.39 is 5.97 Å². The van der Waals surface area contributed by atoms with E-state index in [1.165, 1.54) is 7.11 Å². The van der Waals surface area contributed by atoms with Crippen LogP contribution in [0.3, 0.4) is 0 Å². The van der Waals surface area contributed by atoms with E-state index in [2.05, 4.69) is 14.7 Å². The Morgan fingerprint density at radius 1 is 1.58 bits per heavy atom. The van der Waals surface area contributed by atoms with Crippen LogP contribution in [-0.4, -0.2) is 48.8 Å². The molecule has 1 aromatic rings. The number of carbonyl (C=O) groups excluding carboxylic acids is 1. The fraction of sp³-hybridized carbons (Fsp3) is 0.545. The van der Waals surface area contributed by atoms with E-state index in [4.69, 9.17) is 22.1 Å². The number of hydrogen-bond acceptors (Lipinski definition) is 7. The molecular formula is C11H15ClN4O3. The zero-order valence-electron chi connectivity index (χ0n) is 10.7. The van der Waals surface area contributed by atoms with Crippen molar-refractivity contribution in [1.29, 1.82) is 0 Å². The number of halogens is 1. The molecule has 2 heterocycles. The Morgan fingerprint density at radius 3 is 2.95 bits per heavy atom. The van der Waals surface area contributed by atoms with Crippen LogP contribution in [0.15, 0.2) is 0 Å². The summed E-state index contributed by atoms with van der Waals surface area (Å²) < 4.78 is 9.91. The van der Waals surface area contributed by atoms with E-state index in [0.717, 1.165) is 0 Å². The van der Waals surface area contributed by atoms with Gasteiger partial charge in [-0.3, -0.25) is 0 Å². The molecule has 2 rings (SSSR count). The molecule has 0 spiro atoms. The Morgan fingerprint density at radius 2 is 2.32 bits per heavy atom. The Balaban J connectivity index is 2.37. The van der Waals surface area contributed by atoms with Gasteiger partial charge in [0.1, 0.15) is 0 Å². The lowest BCUT2D eigenvalue weighted by Crippen LogP contribution is -2.44. The molecule has 0 radical (unpaired) electrons. The molecule has 0 unspecified atom stereocenters. The minimum Gasteiger partial charge on any atom is -0.464 e. The first-order valence-corrected chi connectivity index (χ1v) is 6.18. The third-order valence-corrected chi connectivity index (χ3v) is 3.14. The number of rotatable bonds is 2. The number of hydrogen-bond donors (Lipinski definition) is 1. The van der Waals surface area contributed by atoms with E-state index in [-0.39, 0.29) is 22.7 Å². The lowest BCUT2D eigenvalue weighted by atomic mass is 10.2. The van der Waals surface area contributed by atoms with Gasteiger partial charge in [0, 0.05) is 6.54 Å². The Labute approximate surface area is 115 Å². The highest BCUT2D eigenvalue weighted by Crippen LogP contribution is 2.27. The number of nitrogen functional groups attached to an aromatic ring is 1. The zero-order valence-corrected chi connectivity index (χ0v) is 11.5. The highest BCUT2D eigenvalue weighted by molar-refractivity contribution is 6.32. The summed E-state index contributed by atoms with van der Waals surface area (Å²) in [5.41, 5.74) is 5.66. The molecule has 0 amide bonds. The highest BCUT2D eigenvalue weighted by atomic mass is 35.5. The van der Waals surface area contributed by atoms with Crippen molar-refractivity contribution in [2.45, 2.75) is 13.0 Å². The summed E-state index contributed by atoms with van der Waals surface area (Å²) >= 11 is 6.08. The van der Waals surface area contributed by atoms with Crippen LogP contribution < -0.4 is 10.6 Å². The maximum atomic E-state index is 11.4. The lowest BCUT2D eigenvalue weighted by Gasteiger charge is -2.34. The molecule has 2 N–H and O–H groups in total. The van der Waals surface area contributed by atoms with Crippen LogP contribution in [-0.2, 0) is 9.47 Å². The molecule has 1 aliphatic heterocycles. The average Bonchev–Trinajstić information content (AvgIpc) is 2.41. The predicted octanol–water partition coefficient (Wildman–Crippen LogP) is 0.724. The normalized spacial score (nSPS) is 19.3. The molecule has 1 aliphatic rings. The molecule has 104 valence electrons. The van der Waals surface area contributed by atoms with Gasteiger partial charge in [-0.05, 0) is 6.92 Å². The van der Waals surface area contributed by atoms with Crippen molar-refractivity contribution in [2.75, 3.05) is 37.5 Å². The molecule has 0 saturated carbocycles. The highest BCUT2D eigenvalue weighted by Gasteiger charge is 2.25. The van der Waals surface area contributed by atoms with Crippen molar-refractivity contribution in [3.63, 3.8) is 0 Å². The first-order valence-electron chi connectivity index (χ1n) is 5.80. The number of ether oxygens (including phenoxy) is 2. The van der Waals surface area contributed by atoms with E-state index >= 15 is 0 Å². The Kier molecular flexibility index (Phi) is 4.06. The standard InChI is InChI=1S/C11H15ClN4O3/c1-6-5-19-4-3-16(6)10-8(12)14-7(9(13)15-10)11(17)18-2/h6H,3-5H2,1-2H3,(H2,13,15)/t6-/m1/s1. The number of morpholine rings is 1. The van der Waals surface area contributed by atoms with Gasteiger partial charge in [0.15, 0.2) is 22.5 Å². The van der Waals surface area contributed by atoms with Gasteiger partial charge < -0.3 is 20.1 Å². The smallest absolute Gasteiger partial charge is 0.360 e. The van der Waals surface area contributed by atoms with Crippen molar-refractivity contribution < 1.29 is 14.3 Å². The molecule has 1 fully saturated rings. The molecule has 0 bridgehead atoms. The number of nitrogens with two attached hydrogens (primary N) is 1. The van der Waals surface area contributed by atoms with Crippen LogP contribution >= 0.6 is 11.6 Å². The second-order valence-electron chi connectivity index (χ2n) is 4.18.